The van der Waals surface area contributed by atoms with E-state index < -0.39 is 0 Å². The lowest BCUT2D eigenvalue weighted by atomic mass is 9.93. The Balaban J connectivity index is 1.81. The summed E-state index contributed by atoms with van der Waals surface area (Å²) >= 11 is 5.49. The van der Waals surface area contributed by atoms with Gasteiger partial charge in [-0.1, -0.05) is 25.7 Å². The van der Waals surface area contributed by atoms with E-state index in [0.717, 1.165) is 12.5 Å². The van der Waals surface area contributed by atoms with Crippen molar-refractivity contribution in [3.8, 4) is 0 Å². The first-order chi connectivity index (χ1) is 8.66. The van der Waals surface area contributed by atoms with Crippen molar-refractivity contribution in [2.45, 2.75) is 65.0 Å². The first-order valence-electron chi connectivity index (χ1n) is 7.15. The minimum Gasteiger partial charge on any atom is -0.309 e. The molecule has 0 unspecified atom stereocenters. The SMILES string of the molecule is Cc1sc(CN[C@H](C)C2CCCCCC2)cc1Br. The minimum absolute atomic E-state index is 0.657. The van der Waals surface area contributed by atoms with E-state index in [2.05, 4.69) is 41.2 Å². The van der Waals surface area contributed by atoms with Crippen LogP contribution in [0.2, 0.25) is 0 Å². The third-order valence-corrected chi connectivity index (χ3v) is 6.25. The van der Waals surface area contributed by atoms with Crippen LogP contribution in [-0.2, 0) is 6.54 Å². The predicted molar refractivity (Wildman–Crippen MR) is 84.2 cm³/mol. The van der Waals surface area contributed by atoms with Crippen molar-refractivity contribution in [1.29, 1.82) is 0 Å². The van der Waals surface area contributed by atoms with Crippen molar-refractivity contribution in [2.75, 3.05) is 0 Å². The maximum Gasteiger partial charge on any atom is 0.0314 e. The molecule has 0 amide bonds. The van der Waals surface area contributed by atoms with Crippen LogP contribution in [-0.4, -0.2) is 6.04 Å². The number of rotatable bonds is 4. The van der Waals surface area contributed by atoms with Crippen LogP contribution in [0.4, 0.5) is 0 Å². The van der Waals surface area contributed by atoms with Gasteiger partial charge in [-0.2, -0.15) is 0 Å². The highest BCUT2D eigenvalue weighted by Crippen LogP contribution is 2.28. The standard InChI is InChI=1S/C15H24BrNS/c1-11(13-7-5-3-4-6-8-13)17-10-14-9-15(16)12(2)18-14/h9,11,13,17H,3-8,10H2,1-2H3/t11-/m1/s1. The second-order valence-electron chi connectivity index (χ2n) is 5.54. The topological polar surface area (TPSA) is 12.0 Å². The molecule has 1 heterocycles. The van der Waals surface area contributed by atoms with Crippen LogP contribution in [0.15, 0.2) is 10.5 Å². The molecule has 102 valence electrons. The van der Waals surface area contributed by atoms with Gasteiger partial charge in [-0.15, -0.1) is 11.3 Å². The van der Waals surface area contributed by atoms with Gasteiger partial charge in [0, 0.05) is 26.8 Å². The Bertz CT molecular complexity index is 347. The van der Waals surface area contributed by atoms with Gasteiger partial charge in [-0.25, -0.2) is 0 Å². The third-order valence-electron chi connectivity index (χ3n) is 4.11. The van der Waals surface area contributed by atoms with Gasteiger partial charge in [0.05, 0.1) is 0 Å². The molecule has 0 spiro atoms. The summed E-state index contributed by atoms with van der Waals surface area (Å²) < 4.78 is 1.26. The van der Waals surface area contributed by atoms with Crippen molar-refractivity contribution >= 4 is 27.3 Å². The summed E-state index contributed by atoms with van der Waals surface area (Å²) in [6, 6.07) is 2.91. The van der Waals surface area contributed by atoms with Gasteiger partial charge in [0.1, 0.15) is 0 Å². The Morgan fingerprint density at radius 2 is 2.00 bits per heavy atom. The minimum atomic E-state index is 0.657. The molecule has 0 bridgehead atoms. The van der Waals surface area contributed by atoms with E-state index in [-0.39, 0.29) is 0 Å². The maximum absolute atomic E-state index is 3.73. The zero-order chi connectivity index (χ0) is 13.0. The number of aryl methyl sites for hydroxylation is 1. The first-order valence-corrected chi connectivity index (χ1v) is 8.76. The summed E-state index contributed by atoms with van der Waals surface area (Å²) in [5.74, 6) is 0.886. The lowest BCUT2D eigenvalue weighted by Crippen LogP contribution is -2.32. The molecule has 2 rings (SSSR count). The van der Waals surface area contributed by atoms with Gasteiger partial charge >= 0.3 is 0 Å². The van der Waals surface area contributed by atoms with E-state index in [0.29, 0.717) is 6.04 Å². The van der Waals surface area contributed by atoms with Crippen LogP contribution < -0.4 is 5.32 Å². The van der Waals surface area contributed by atoms with Crippen molar-refractivity contribution in [2.24, 2.45) is 5.92 Å². The highest BCUT2D eigenvalue weighted by Gasteiger charge is 2.18. The van der Waals surface area contributed by atoms with Crippen LogP contribution in [0.1, 0.15) is 55.2 Å². The lowest BCUT2D eigenvalue weighted by Gasteiger charge is -2.23. The summed E-state index contributed by atoms with van der Waals surface area (Å²) in [5, 5.41) is 3.73. The molecule has 1 aromatic heterocycles. The normalized spacial score (nSPS) is 19.7. The third kappa shape index (κ3) is 4.07. The van der Waals surface area contributed by atoms with E-state index in [4.69, 9.17) is 0 Å². The quantitative estimate of drug-likeness (QED) is 0.742. The molecule has 1 aliphatic rings. The Kier molecular flexibility index (Phi) is 5.71. The lowest BCUT2D eigenvalue weighted by molar-refractivity contribution is 0.337. The highest BCUT2D eigenvalue weighted by atomic mass is 79.9. The van der Waals surface area contributed by atoms with Gasteiger partial charge in [0.15, 0.2) is 0 Å². The van der Waals surface area contributed by atoms with Crippen LogP contribution in [0.3, 0.4) is 0 Å². The number of hydrogen-bond acceptors (Lipinski definition) is 2. The molecule has 18 heavy (non-hydrogen) atoms. The Morgan fingerprint density at radius 1 is 1.33 bits per heavy atom. The molecule has 0 saturated heterocycles. The molecular weight excluding hydrogens is 306 g/mol. The van der Waals surface area contributed by atoms with Gasteiger partial charge in [0.2, 0.25) is 0 Å². The Labute approximate surface area is 123 Å². The monoisotopic (exact) mass is 329 g/mol. The van der Waals surface area contributed by atoms with Gasteiger partial charge in [0.25, 0.3) is 0 Å². The predicted octanol–water partition coefficient (Wildman–Crippen LogP) is 5.27. The largest absolute Gasteiger partial charge is 0.309 e. The van der Waals surface area contributed by atoms with E-state index in [1.807, 2.05) is 11.3 Å². The molecule has 0 aliphatic heterocycles. The zero-order valence-electron chi connectivity index (χ0n) is 11.5. The summed E-state index contributed by atoms with van der Waals surface area (Å²) in [7, 11) is 0. The van der Waals surface area contributed by atoms with Gasteiger partial charge in [-0.3, -0.25) is 0 Å². The molecule has 1 atom stereocenters. The number of hydrogen-bond donors (Lipinski definition) is 1. The fourth-order valence-corrected chi connectivity index (χ4v) is 4.40. The van der Waals surface area contributed by atoms with Crippen molar-refractivity contribution < 1.29 is 0 Å². The average molecular weight is 330 g/mol. The Morgan fingerprint density at radius 3 is 2.56 bits per heavy atom. The first kappa shape index (κ1) is 14.5. The molecule has 0 radical (unpaired) electrons. The molecule has 1 nitrogen and oxygen atoms in total. The second kappa shape index (κ2) is 7.06. The van der Waals surface area contributed by atoms with Crippen LogP contribution in [0, 0.1) is 12.8 Å². The summed E-state index contributed by atoms with van der Waals surface area (Å²) in [5.41, 5.74) is 0. The number of nitrogens with one attached hydrogen (secondary N) is 1. The van der Waals surface area contributed by atoms with Crippen LogP contribution in [0.5, 0.6) is 0 Å². The summed E-state index contributed by atoms with van der Waals surface area (Å²) in [6.45, 7) is 5.56. The van der Waals surface area contributed by atoms with E-state index in [9.17, 15) is 0 Å². The number of thiophene rings is 1. The second-order valence-corrected chi connectivity index (χ2v) is 7.73. The van der Waals surface area contributed by atoms with Crippen molar-refractivity contribution in [3.05, 3.63) is 20.3 Å². The van der Waals surface area contributed by atoms with E-state index >= 15 is 0 Å². The number of halogens is 1. The van der Waals surface area contributed by atoms with Crippen molar-refractivity contribution in [1.82, 2.24) is 5.32 Å². The Hall–Kier alpha value is 0.140. The van der Waals surface area contributed by atoms with Crippen LogP contribution in [0.25, 0.3) is 0 Å². The smallest absolute Gasteiger partial charge is 0.0314 e. The van der Waals surface area contributed by atoms with Crippen molar-refractivity contribution in [3.63, 3.8) is 0 Å². The molecule has 0 aromatic carbocycles. The fourth-order valence-electron chi connectivity index (χ4n) is 2.84. The van der Waals surface area contributed by atoms with Crippen LogP contribution >= 0.6 is 27.3 Å². The highest BCUT2D eigenvalue weighted by molar-refractivity contribution is 9.10. The van der Waals surface area contributed by atoms with Gasteiger partial charge in [-0.05, 0) is 54.6 Å². The molecule has 1 N–H and O–H groups in total. The fraction of sp³-hybridized carbons (Fsp3) is 0.733. The maximum atomic E-state index is 3.73. The zero-order valence-corrected chi connectivity index (χ0v) is 13.9. The molecule has 3 heteroatoms. The van der Waals surface area contributed by atoms with E-state index in [1.54, 1.807) is 0 Å². The van der Waals surface area contributed by atoms with Gasteiger partial charge < -0.3 is 5.32 Å². The summed E-state index contributed by atoms with van der Waals surface area (Å²) in [4.78, 5) is 2.83. The molecule has 1 aromatic rings. The average Bonchev–Trinajstić information content (AvgIpc) is 2.60. The molecule has 1 aliphatic carbocycles. The summed E-state index contributed by atoms with van der Waals surface area (Å²) in [6.07, 6.45) is 8.59. The molecule has 1 fully saturated rings. The van der Waals surface area contributed by atoms with E-state index in [1.165, 1.54) is 52.8 Å². The molecule has 1 saturated carbocycles. The molecular formula is C15H24BrNS.